The molecule has 0 aliphatic carbocycles. The maximum absolute atomic E-state index is 12.6. The van der Waals surface area contributed by atoms with Gasteiger partial charge in [0.05, 0.1) is 11.0 Å². The van der Waals surface area contributed by atoms with Crippen molar-refractivity contribution in [1.82, 2.24) is 9.55 Å². The second kappa shape index (κ2) is 8.44. The van der Waals surface area contributed by atoms with Gasteiger partial charge in [0.25, 0.3) is 5.91 Å². The number of amides is 1. The summed E-state index contributed by atoms with van der Waals surface area (Å²) in [5.41, 5.74) is 2.51. The first kappa shape index (κ1) is 17.9. The van der Waals surface area contributed by atoms with Crippen molar-refractivity contribution in [1.29, 1.82) is 0 Å². The number of ether oxygens (including phenoxy) is 1. The lowest BCUT2D eigenvalue weighted by Gasteiger charge is -2.10. The Bertz CT molecular complexity index is 876. The minimum atomic E-state index is -0.153. The molecule has 5 nitrogen and oxygen atoms in total. The van der Waals surface area contributed by atoms with E-state index in [0.717, 1.165) is 27.6 Å². The van der Waals surface area contributed by atoms with Crippen molar-refractivity contribution in [3.8, 4) is 0 Å². The molecule has 130 valence electrons. The molecule has 25 heavy (non-hydrogen) atoms. The van der Waals surface area contributed by atoms with Crippen molar-refractivity contribution in [2.75, 3.05) is 18.5 Å². The van der Waals surface area contributed by atoms with Crippen molar-refractivity contribution in [2.24, 2.45) is 0 Å². The summed E-state index contributed by atoms with van der Waals surface area (Å²) in [6.07, 6.45) is 0.861. The zero-order valence-corrected chi connectivity index (χ0v) is 16.2. The van der Waals surface area contributed by atoms with E-state index in [1.807, 2.05) is 54.0 Å². The third kappa shape index (κ3) is 4.38. The minimum absolute atomic E-state index is 0.153. The molecule has 0 spiro atoms. The number of fused-ring (bicyclic) bond motifs is 1. The first-order valence-electron chi connectivity index (χ1n) is 8.29. The third-order valence-corrected chi connectivity index (χ3v) is 4.51. The van der Waals surface area contributed by atoms with Crippen LogP contribution in [0.5, 0.6) is 0 Å². The third-order valence-electron chi connectivity index (χ3n) is 3.84. The van der Waals surface area contributed by atoms with Gasteiger partial charge in [-0.15, -0.1) is 0 Å². The smallest absolute Gasteiger partial charge is 0.258 e. The van der Waals surface area contributed by atoms with Gasteiger partial charge < -0.3 is 9.30 Å². The normalized spacial score (nSPS) is 11.0. The van der Waals surface area contributed by atoms with Gasteiger partial charge in [-0.3, -0.25) is 10.1 Å². The van der Waals surface area contributed by atoms with Gasteiger partial charge in [-0.2, -0.15) is 0 Å². The second-order valence-corrected chi connectivity index (χ2v) is 6.84. The maximum Gasteiger partial charge on any atom is 0.258 e. The van der Waals surface area contributed by atoms with Gasteiger partial charge in [0, 0.05) is 28.9 Å². The number of carbonyl (C=O) groups excluding carboxylic acids is 1. The van der Waals surface area contributed by atoms with Crippen molar-refractivity contribution >= 4 is 45.5 Å². The van der Waals surface area contributed by atoms with Gasteiger partial charge in [0.15, 0.2) is 0 Å². The van der Waals surface area contributed by atoms with Crippen LogP contribution in [0.25, 0.3) is 11.0 Å². The Morgan fingerprint density at radius 2 is 2.08 bits per heavy atom. The lowest BCUT2D eigenvalue weighted by molar-refractivity contribution is 0.102. The number of benzene rings is 2. The number of aryl methyl sites for hydroxylation is 1. The Morgan fingerprint density at radius 1 is 1.24 bits per heavy atom. The molecule has 0 radical (unpaired) electrons. The van der Waals surface area contributed by atoms with Gasteiger partial charge in [0.1, 0.15) is 0 Å². The molecule has 1 N–H and O–H groups in total. The van der Waals surface area contributed by atoms with Gasteiger partial charge in [-0.25, -0.2) is 4.98 Å². The molecule has 3 aromatic rings. The Morgan fingerprint density at radius 3 is 2.88 bits per heavy atom. The molecule has 1 amide bonds. The highest BCUT2D eigenvalue weighted by Gasteiger charge is 2.14. The van der Waals surface area contributed by atoms with E-state index in [2.05, 4.69) is 32.9 Å². The number of aromatic nitrogens is 2. The van der Waals surface area contributed by atoms with Crippen LogP contribution in [0.2, 0.25) is 0 Å². The first-order valence-corrected chi connectivity index (χ1v) is 9.37. The lowest BCUT2D eigenvalue weighted by Crippen LogP contribution is -2.16. The zero-order chi connectivity index (χ0) is 17.6. The van der Waals surface area contributed by atoms with Crippen LogP contribution in [0.1, 0.15) is 23.7 Å². The number of hydrogen-bond acceptors (Lipinski definition) is 3. The molecule has 0 atom stereocenters. The van der Waals surface area contributed by atoms with Gasteiger partial charge in [-0.1, -0.05) is 18.2 Å². The number of anilines is 1. The Hall–Kier alpha value is -1.93. The fourth-order valence-corrected chi connectivity index (χ4v) is 3.21. The van der Waals surface area contributed by atoms with Crippen LogP contribution >= 0.6 is 22.6 Å². The van der Waals surface area contributed by atoms with E-state index in [0.29, 0.717) is 24.7 Å². The molecule has 1 heterocycles. The van der Waals surface area contributed by atoms with E-state index >= 15 is 0 Å². The van der Waals surface area contributed by atoms with Crippen molar-refractivity contribution < 1.29 is 9.53 Å². The summed E-state index contributed by atoms with van der Waals surface area (Å²) in [5, 5.41) is 2.95. The number of nitrogens with one attached hydrogen (secondary N) is 1. The largest absolute Gasteiger partial charge is 0.382 e. The summed E-state index contributed by atoms with van der Waals surface area (Å²) in [7, 11) is 0. The molecule has 0 saturated heterocycles. The summed E-state index contributed by atoms with van der Waals surface area (Å²) in [6.45, 7) is 4.12. The maximum atomic E-state index is 12.6. The Labute approximate surface area is 160 Å². The first-order chi connectivity index (χ1) is 12.2. The van der Waals surface area contributed by atoms with Crippen LogP contribution < -0.4 is 5.32 Å². The highest BCUT2D eigenvalue weighted by atomic mass is 127. The molecule has 1 aromatic heterocycles. The van der Waals surface area contributed by atoms with Crippen molar-refractivity contribution in [2.45, 2.75) is 19.9 Å². The topological polar surface area (TPSA) is 56.1 Å². The van der Waals surface area contributed by atoms with E-state index in [-0.39, 0.29) is 5.91 Å². The number of imidazole rings is 1. The molecule has 0 aliphatic rings. The number of rotatable bonds is 7. The second-order valence-electron chi connectivity index (χ2n) is 5.59. The highest BCUT2D eigenvalue weighted by Crippen LogP contribution is 2.21. The molecular formula is C19H20IN3O2. The van der Waals surface area contributed by atoms with E-state index in [1.165, 1.54) is 0 Å². The van der Waals surface area contributed by atoms with Crippen LogP contribution in [0.3, 0.4) is 0 Å². The Kier molecular flexibility index (Phi) is 6.04. The van der Waals surface area contributed by atoms with Crippen molar-refractivity contribution in [3.63, 3.8) is 0 Å². The van der Waals surface area contributed by atoms with E-state index in [1.54, 1.807) is 6.07 Å². The Balaban J connectivity index is 1.85. The average Bonchev–Trinajstić information content (AvgIpc) is 2.96. The summed E-state index contributed by atoms with van der Waals surface area (Å²) < 4.78 is 8.49. The molecule has 6 heteroatoms. The number of carbonyl (C=O) groups is 1. The van der Waals surface area contributed by atoms with E-state index in [4.69, 9.17) is 4.74 Å². The summed E-state index contributed by atoms with van der Waals surface area (Å²) in [5.74, 6) is 0.418. The highest BCUT2D eigenvalue weighted by molar-refractivity contribution is 14.1. The molecule has 0 saturated carbocycles. The van der Waals surface area contributed by atoms with E-state index in [9.17, 15) is 4.79 Å². The van der Waals surface area contributed by atoms with Crippen LogP contribution in [0.4, 0.5) is 5.95 Å². The predicted molar refractivity (Wildman–Crippen MR) is 108 cm³/mol. The molecule has 0 unspecified atom stereocenters. The SMILES string of the molecule is CCOCCCn1c(NC(=O)c2cccc(I)c2)nc2ccccc21. The van der Waals surface area contributed by atoms with Gasteiger partial charge >= 0.3 is 0 Å². The summed E-state index contributed by atoms with van der Waals surface area (Å²) in [4.78, 5) is 17.2. The fourth-order valence-electron chi connectivity index (χ4n) is 2.67. The molecule has 3 rings (SSSR count). The van der Waals surface area contributed by atoms with Crippen LogP contribution in [-0.2, 0) is 11.3 Å². The van der Waals surface area contributed by atoms with Crippen LogP contribution in [-0.4, -0.2) is 28.7 Å². The van der Waals surface area contributed by atoms with Gasteiger partial charge in [0.2, 0.25) is 5.95 Å². The minimum Gasteiger partial charge on any atom is -0.382 e. The number of halogens is 1. The van der Waals surface area contributed by atoms with Crippen LogP contribution in [0.15, 0.2) is 48.5 Å². The number of hydrogen-bond donors (Lipinski definition) is 1. The summed E-state index contributed by atoms with van der Waals surface area (Å²) in [6, 6.07) is 15.4. The fraction of sp³-hybridized carbons (Fsp3) is 0.263. The molecule has 0 aliphatic heterocycles. The molecule has 0 bridgehead atoms. The summed E-state index contributed by atoms with van der Waals surface area (Å²) >= 11 is 2.20. The number of nitrogens with zero attached hydrogens (tertiary/aromatic N) is 2. The zero-order valence-electron chi connectivity index (χ0n) is 14.0. The average molecular weight is 449 g/mol. The molecule has 2 aromatic carbocycles. The monoisotopic (exact) mass is 449 g/mol. The molecule has 0 fully saturated rings. The van der Waals surface area contributed by atoms with E-state index < -0.39 is 0 Å². The molecular weight excluding hydrogens is 429 g/mol. The van der Waals surface area contributed by atoms with Gasteiger partial charge in [-0.05, 0) is 66.3 Å². The lowest BCUT2D eigenvalue weighted by atomic mass is 10.2. The van der Waals surface area contributed by atoms with Crippen LogP contribution in [0, 0.1) is 3.57 Å². The van der Waals surface area contributed by atoms with Crippen molar-refractivity contribution in [3.05, 3.63) is 57.7 Å². The standard InChI is InChI=1S/C19H20IN3O2/c1-2-25-12-6-11-23-17-10-4-3-9-16(17)21-19(23)22-18(24)14-7-5-8-15(20)13-14/h3-5,7-10,13H,2,6,11-12H2,1H3,(H,21,22,24). The quantitative estimate of drug-likeness (QED) is 0.432. The predicted octanol–water partition coefficient (Wildman–Crippen LogP) is 4.32. The number of para-hydroxylation sites is 2.